The van der Waals surface area contributed by atoms with Crippen LogP contribution in [0.2, 0.25) is 0 Å². The molecule has 0 aromatic heterocycles. The quantitative estimate of drug-likeness (QED) is 0.109. The van der Waals surface area contributed by atoms with Gasteiger partial charge in [-0.25, -0.2) is 4.79 Å². The van der Waals surface area contributed by atoms with E-state index in [9.17, 15) is 4.79 Å². The van der Waals surface area contributed by atoms with Crippen LogP contribution in [-0.2, 0) is 4.79 Å². The lowest BCUT2D eigenvalue weighted by Crippen LogP contribution is -2.09. The number of hydrogen-bond donors (Lipinski definition) is 1. The van der Waals surface area contributed by atoms with Gasteiger partial charge in [0.05, 0.1) is 0 Å². The van der Waals surface area contributed by atoms with Gasteiger partial charge in [-0.15, -0.1) is 25.6 Å². The molecule has 0 rings (SSSR count). The summed E-state index contributed by atoms with van der Waals surface area (Å²) in [5, 5.41) is 8.90. The van der Waals surface area contributed by atoms with Crippen LogP contribution in [0.3, 0.4) is 0 Å². The minimum absolute atomic E-state index is 0. The molecule has 34 heavy (non-hydrogen) atoms. The predicted molar refractivity (Wildman–Crippen MR) is 156 cm³/mol. The van der Waals surface area contributed by atoms with Gasteiger partial charge in [0.25, 0.3) is 0 Å². The molecule has 0 bridgehead atoms. The van der Waals surface area contributed by atoms with E-state index >= 15 is 0 Å². The van der Waals surface area contributed by atoms with Crippen LogP contribution in [0.25, 0.3) is 0 Å². The summed E-state index contributed by atoms with van der Waals surface area (Å²) >= 11 is 0. The van der Waals surface area contributed by atoms with Gasteiger partial charge in [-0.1, -0.05) is 102 Å². The van der Waals surface area contributed by atoms with Gasteiger partial charge in [0.2, 0.25) is 0 Å². The van der Waals surface area contributed by atoms with Gasteiger partial charge in [0.1, 0.15) is 0 Å². The summed E-state index contributed by atoms with van der Waals surface area (Å²) in [5.74, 6) is -0.753. The molecule has 0 aliphatic carbocycles. The predicted octanol–water partition coefficient (Wildman–Crippen LogP) is 8.39. The second-order valence-electron chi connectivity index (χ2n) is 9.21. The number of likely N-dealkylation sites (N-methyl/N-ethyl adjacent to an activating group) is 2. The largest absolute Gasteiger partial charge is 0.478 e. The molecule has 0 radical (unpaired) electrons. The highest BCUT2D eigenvalue weighted by atomic mass is 35.5. The second-order valence-corrected chi connectivity index (χ2v) is 9.21. The Morgan fingerprint density at radius 3 is 1.24 bits per heavy atom. The van der Waals surface area contributed by atoms with Crippen molar-refractivity contribution in [1.82, 2.24) is 9.80 Å². The maximum atomic E-state index is 10.8. The molecule has 0 heterocycles. The van der Waals surface area contributed by atoms with Crippen molar-refractivity contribution in [2.24, 2.45) is 0 Å². The van der Waals surface area contributed by atoms with Gasteiger partial charge >= 0.3 is 5.97 Å². The number of rotatable bonds is 19. The summed E-state index contributed by atoms with van der Waals surface area (Å²) in [6.45, 7) is 13.1. The van der Waals surface area contributed by atoms with E-state index in [1.807, 2.05) is 47.3 Å². The zero-order valence-corrected chi connectivity index (χ0v) is 24.4. The van der Waals surface area contributed by atoms with Gasteiger partial charge in [-0.3, -0.25) is 0 Å². The smallest absolute Gasteiger partial charge is 0.331 e. The Hall–Kier alpha value is -1.10. The van der Waals surface area contributed by atoms with Crippen LogP contribution in [0.4, 0.5) is 0 Å². The number of nitrogens with zero attached hydrogens (tertiary/aromatic N) is 2. The molecule has 0 amide bonds. The van der Waals surface area contributed by atoms with E-state index in [0.717, 1.165) is 25.9 Å². The van der Waals surface area contributed by atoms with E-state index in [2.05, 4.69) is 29.9 Å². The Kier molecular flexibility index (Phi) is 40.2. The molecule has 5 heteroatoms. The highest BCUT2D eigenvalue weighted by molar-refractivity contribution is 5.86. The summed E-state index contributed by atoms with van der Waals surface area (Å²) in [5.41, 5.74) is 0.568. The second kappa shape index (κ2) is 34.1. The molecular formula is C29H59ClN2O2. The lowest BCUT2D eigenvalue weighted by molar-refractivity contribution is -0.132. The van der Waals surface area contributed by atoms with Crippen LogP contribution in [-0.4, -0.2) is 62.2 Å². The van der Waals surface area contributed by atoms with Crippen LogP contribution < -0.4 is 0 Å². The maximum Gasteiger partial charge on any atom is 0.331 e. The van der Waals surface area contributed by atoms with Crippen molar-refractivity contribution >= 4 is 18.4 Å². The van der Waals surface area contributed by atoms with Gasteiger partial charge in [-0.05, 0) is 48.0 Å². The van der Waals surface area contributed by atoms with Gasteiger partial charge in [0.15, 0.2) is 0 Å². The van der Waals surface area contributed by atoms with Crippen molar-refractivity contribution in [1.29, 1.82) is 0 Å². The number of unbranched alkanes of at least 4 members (excludes halogenated alkanes) is 12. The molecule has 204 valence electrons. The Labute approximate surface area is 220 Å². The molecule has 0 atom stereocenters. The van der Waals surface area contributed by atoms with Crippen molar-refractivity contribution in [3.05, 3.63) is 37.0 Å². The van der Waals surface area contributed by atoms with Crippen LogP contribution in [0.1, 0.15) is 104 Å². The van der Waals surface area contributed by atoms with E-state index in [4.69, 9.17) is 5.11 Å². The lowest BCUT2D eigenvalue weighted by Gasteiger charge is -2.03. The summed E-state index contributed by atoms with van der Waals surface area (Å²) in [7, 11) is 8.06. The van der Waals surface area contributed by atoms with E-state index in [0.29, 0.717) is 5.57 Å². The van der Waals surface area contributed by atoms with Crippen molar-refractivity contribution in [3.8, 4) is 0 Å². The highest BCUT2D eigenvalue weighted by Crippen LogP contribution is 2.14. The molecule has 0 aliphatic rings. The van der Waals surface area contributed by atoms with Crippen LogP contribution >= 0.6 is 12.4 Å². The average molecular weight is 503 g/mol. The van der Waals surface area contributed by atoms with E-state index in [1.165, 1.54) is 77.0 Å². The summed E-state index contributed by atoms with van der Waals surface area (Å²) in [4.78, 5) is 14.9. The van der Waals surface area contributed by atoms with E-state index < -0.39 is 5.97 Å². The fraction of sp³-hybridized carbons (Fsp3) is 0.759. The Balaban J connectivity index is -0.000000284. The standard InChI is InChI=1S/C19H36O2.2C5H11N.ClH/c1-3-5-6-7-8-9-10-11-12-13-14-15-16-17-18(4-2)19(20)21;2*1-4-5-6(2)3;/h4H,3,5-17H2,1-2H3,(H,20,21);2*4H,1,5H2,2-3H3;1H. The Morgan fingerprint density at radius 2 is 1.03 bits per heavy atom. The van der Waals surface area contributed by atoms with Crippen molar-refractivity contribution in [3.63, 3.8) is 0 Å². The molecule has 0 saturated heterocycles. The first kappa shape index (κ1) is 40.1. The van der Waals surface area contributed by atoms with Crippen molar-refractivity contribution in [2.45, 2.75) is 104 Å². The topological polar surface area (TPSA) is 43.8 Å². The third-order valence-corrected chi connectivity index (χ3v) is 5.16. The minimum Gasteiger partial charge on any atom is -0.478 e. The Morgan fingerprint density at radius 1 is 0.706 bits per heavy atom. The number of carboxylic acid groups (broad SMARTS) is 1. The maximum absolute atomic E-state index is 10.8. The number of carbonyl (C=O) groups is 1. The monoisotopic (exact) mass is 502 g/mol. The SMILES string of the molecule is C=CCN(C)C.C=CCN(C)C.CC=C(CCCCCCCCCCCCCCC)C(=O)O.Cl. The highest BCUT2D eigenvalue weighted by Gasteiger charge is 2.04. The summed E-state index contributed by atoms with van der Waals surface area (Å²) < 4.78 is 0. The Bertz CT molecular complexity index is 449. The van der Waals surface area contributed by atoms with E-state index in [-0.39, 0.29) is 12.4 Å². The first-order valence-electron chi connectivity index (χ1n) is 13.2. The van der Waals surface area contributed by atoms with Crippen LogP contribution in [0.5, 0.6) is 0 Å². The molecular weight excluding hydrogens is 444 g/mol. The van der Waals surface area contributed by atoms with E-state index in [1.54, 1.807) is 6.08 Å². The number of allylic oxidation sites excluding steroid dienone is 1. The molecule has 0 aliphatic heterocycles. The van der Waals surface area contributed by atoms with Gasteiger partial charge in [0, 0.05) is 18.7 Å². The fourth-order valence-electron chi connectivity index (χ4n) is 3.22. The molecule has 0 saturated carbocycles. The van der Waals surface area contributed by atoms with Gasteiger partial charge < -0.3 is 14.9 Å². The molecule has 0 aromatic rings. The first-order valence-corrected chi connectivity index (χ1v) is 13.2. The zero-order chi connectivity index (χ0) is 25.7. The molecule has 0 unspecified atom stereocenters. The summed E-state index contributed by atoms with van der Waals surface area (Å²) in [6.07, 6.45) is 23.5. The zero-order valence-electron chi connectivity index (χ0n) is 23.6. The normalized spacial score (nSPS) is 10.5. The van der Waals surface area contributed by atoms with Crippen molar-refractivity contribution < 1.29 is 9.90 Å². The summed E-state index contributed by atoms with van der Waals surface area (Å²) in [6, 6.07) is 0. The first-order chi connectivity index (χ1) is 15.8. The third-order valence-electron chi connectivity index (χ3n) is 5.16. The lowest BCUT2D eigenvalue weighted by atomic mass is 10.0. The number of hydrogen-bond acceptors (Lipinski definition) is 3. The molecule has 0 fully saturated rings. The van der Waals surface area contributed by atoms with Crippen LogP contribution in [0, 0.1) is 0 Å². The number of aliphatic carboxylic acids is 1. The molecule has 1 N–H and O–H groups in total. The van der Waals surface area contributed by atoms with Crippen molar-refractivity contribution in [2.75, 3.05) is 41.3 Å². The number of halogens is 1. The van der Waals surface area contributed by atoms with Gasteiger partial charge in [-0.2, -0.15) is 0 Å². The van der Waals surface area contributed by atoms with Crippen LogP contribution in [0.15, 0.2) is 37.0 Å². The molecule has 0 aromatic carbocycles. The minimum atomic E-state index is -0.753. The number of carboxylic acids is 1. The molecule has 4 nitrogen and oxygen atoms in total. The fourth-order valence-corrected chi connectivity index (χ4v) is 3.22. The molecule has 0 spiro atoms. The average Bonchev–Trinajstić information content (AvgIpc) is 2.74. The third kappa shape index (κ3) is 41.2.